The minimum absolute atomic E-state index is 0.0345. The van der Waals surface area contributed by atoms with E-state index in [2.05, 4.69) is 0 Å². The monoisotopic (exact) mass is 411 g/mol. The van der Waals surface area contributed by atoms with Gasteiger partial charge in [0.05, 0.1) is 11.6 Å². The molecule has 1 atom stereocenters. The number of esters is 1. The van der Waals surface area contributed by atoms with E-state index in [1.165, 1.54) is 13.8 Å². The summed E-state index contributed by atoms with van der Waals surface area (Å²) < 4.78 is 10.3. The fraction of sp³-hybridized carbons (Fsp3) is 0.474. The number of halogens is 2. The normalized spacial score (nSPS) is 18.0. The lowest BCUT2D eigenvalue weighted by Crippen LogP contribution is -2.31. The summed E-state index contributed by atoms with van der Waals surface area (Å²) in [5, 5.41) is 8.84. The van der Waals surface area contributed by atoms with Crippen molar-refractivity contribution in [3.63, 3.8) is 0 Å². The van der Waals surface area contributed by atoms with Crippen LogP contribution in [0.1, 0.15) is 49.0 Å². The van der Waals surface area contributed by atoms with E-state index in [1.54, 1.807) is 6.07 Å². The van der Waals surface area contributed by atoms with Crippen molar-refractivity contribution in [2.45, 2.75) is 39.5 Å². The van der Waals surface area contributed by atoms with E-state index in [1.807, 2.05) is 6.07 Å². The van der Waals surface area contributed by atoms with Gasteiger partial charge in [-0.2, -0.15) is 5.26 Å². The van der Waals surface area contributed by atoms with Crippen molar-refractivity contribution in [1.82, 2.24) is 0 Å². The summed E-state index contributed by atoms with van der Waals surface area (Å²) in [6, 6.07) is 3.46. The van der Waals surface area contributed by atoms with Crippen LogP contribution >= 0.6 is 23.2 Å². The third kappa shape index (κ3) is 4.60. The third-order valence-corrected chi connectivity index (χ3v) is 5.48. The zero-order valence-corrected chi connectivity index (χ0v) is 16.6. The number of carbonyl (C=O) groups is 3. The summed E-state index contributed by atoms with van der Waals surface area (Å²) in [6.45, 7) is 2.62. The molecular weight excluding hydrogens is 393 g/mol. The number of nitriles is 1. The summed E-state index contributed by atoms with van der Waals surface area (Å²) in [5.41, 5.74) is 0.0515. The quantitative estimate of drug-likeness (QED) is 0.601. The molecule has 144 valence electrons. The Morgan fingerprint density at radius 3 is 2.56 bits per heavy atom. The van der Waals surface area contributed by atoms with E-state index in [-0.39, 0.29) is 53.4 Å². The summed E-state index contributed by atoms with van der Waals surface area (Å²) in [5.74, 6) is -0.456. The fourth-order valence-electron chi connectivity index (χ4n) is 3.30. The Kier molecular flexibility index (Phi) is 6.85. The van der Waals surface area contributed by atoms with Crippen molar-refractivity contribution in [2.75, 3.05) is 13.2 Å². The predicted octanol–water partition coefficient (Wildman–Crippen LogP) is 3.94. The number of rotatable bonds is 8. The molecule has 27 heavy (non-hydrogen) atoms. The summed E-state index contributed by atoms with van der Waals surface area (Å²) in [7, 11) is 0. The van der Waals surface area contributed by atoms with E-state index in [9.17, 15) is 14.4 Å². The summed E-state index contributed by atoms with van der Waals surface area (Å²) >= 11 is 12.5. The van der Waals surface area contributed by atoms with Crippen LogP contribution in [0.4, 0.5) is 0 Å². The van der Waals surface area contributed by atoms with E-state index >= 15 is 0 Å². The Morgan fingerprint density at radius 2 is 1.96 bits per heavy atom. The SMILES string of the molecule is CC(=O)CCC1(CCOC(C)=O)Cc2cc(OCC#N)c(Cl)c(Cl)c2C1=O. The number of benzene rings is 1. The van der Waals surface area contributed by atoms with Crippen LogP contribution < -0.4 is 4.74 Å². The molecule has 1 unspecified atom stereocenters. The van der Waals surface area contributed by atoms with E-state index in [0.29, 0.717) is 24.0 Å². The van der Waals surface area contributed by atoms with Crippen LogP contribution in [0.3, 0.4) is 0 Å². The second kappa shape index (κ2) is 8.73. The molecule has 0 aromatic heterocycles. The minimum atomic E-state index is -0.899. The zero-order valence-electron chi connectivity index (χ0n) is 15.1. The van der Waals surface area contributed by atoms with Crippen molar-refractivity contribution >= 4 is 40.7 Å². The molecule has 0 saturated heterocycles. The van der Waals surface area contributed by atoms with E-state index in [4.69, 9.17) is 37.9 Å². The average Bonchev–Trinajstić information content (AvgIpc) is 2.87. The first kappa shape index (κ1) is 21.2. The largest absolute Gasteiger partial charge is 0.477 e. The molecule has 0 N–H and O–H groups in total. The first-order valence-corrected chi connectivity index (χ1v) is 9.15. The van der Waals surface area contributed by atoms with Gasteiger partial charge in [-0.1, -0.05) is 23.2 Å². The number of hydrogen-bond donors (Lipinski definition) is 0. The van der Waals surface area contributed by atoms with Crippen molar-refractivity contribution in [3.8, 4) is 11.8 Å². The Hall–Kier alpha value is -2.10. The number of ether oxygens (including phenoxy) is 2. The molecule has 6 nitrogen and oxygen atoms in total. The van der Waals surface area contributed by atoms with Gasteiger partial charge in [0.2, 0.25) is 0 Å². The van der Waals surface area contributed by atoms with Gasteiger partial charge in [-0.15, -0.1) is 0 Å². The molecule has 8 heteroatoms. The van der Waals surface area contributed by atoms with Crippen molar-refractivity contribution in [2.24, 2.45) is 5.41 Å². The minimum Gasteiger partial charge on any atom is -0.477 e. The Morgan fingerprint density at radius 1 is 1.26 bits per heavy atom. The van der Waals surface area contributed by atoms with Crippen molar-refractivity contribution in [1.29, 1.82) is 5.26 Å². The van der Waals surface area contributed by atoms with Gasteiger partial charge < -0.3 is 14.3 Å². The van der Waals surface area contributed by atoms with Gasteiger partial charge in [0, 0.05) is 24.3 Å². The van der Waals surface area contributed by atoms with Gasteiger partial charge in [-0.05, 0) is 37.8 Å². The van der Waals surface area contributed by atoms with Crippen LogP contribution in [0.15, 0.2) is 6.07 Å². The van der Waals surface area contributed by atoms with Gasteiger partial charge in [0.25, 0.3) is 0 Å². The number of nitrogens with zero attached hydrogens (tertiary/aromatic N) is 1. The molecule has 0 amide bonds. The smallest absolute Gasteiger partial charge is 0.302 e. The van der Waals surface area contributed by atoms with Gasteiger partial charge in [0.15, 0.2) is 12.4 Å². The molecule has 2 rings (SSSR count). The molecule has 0 aliphatic heterocycles. The number of ketones is 2. The van der Waals surface area contributed by atoms with Gasteiger partial charge in [-0.25, -0.2) is 0 Å². The highest BCUT2D eigenvalue weighted by atomic mass is 35.5. The highest BCUT2D eigenvalue weighted by Gasteiger charge is 2.47. The first-order chi connectivity index (χ1) is 12.7. The van der Waals surface area contributed by atoms with Gasteiger partial charge in [-0.3, -0.25) is 9.59 Å². The Bertz CT molecular complexity index is 830. The highest BCUT2D eigenvalue weighted by molar-refractivity contribution is 6.45. The van der Waals surface area contributed by atoms with Crippen molar-refractivity contribution in [3.05, 3.63) is 27.2 Å². The molecule has 0 spiro atoms. The molecule has 0 heterocycles. The third-order valence-electron chi connectivity index (χ3n) is 4.63. The lowest BCUT2D eigenvalue weighted by atomic mass is 9.76. The topological polar surface area (TPSA) is 93.5 Å². The molecule has 0 radical (unpaired) electrons. The van der Waals surface area contributed by atoms with Crippen LogP contribution in [0.2, 0.25) is 10.0 Å². The summed E-state index contributed by atoms with van der Waals surface area (Å²) in [4.78, 5) is 35.8. The lowest BCUT2D eigenvalue weighted by Gasteiger charge is -2.26. The lowest BCUT2D eigenvalue weighted by molar-refractivity contribution is -0.141. The average molecular weight is 412 g/mol. The molecule has 1 aliphatic rings. The van der Waals surface area contributed by atoms with Crippen LogP contribution in [-0.2, 0) is 20.7 Å². The number of fused-ring (bicyclic) bond motifs is 1. The molecule has 1 aromatic carbocycles. The number of hydrogen-bond acceptors (Lipinski definition) is 6. The molecule has 0 saturated carbocycles. The van der Waals surface area contributed by atoms with Gasteiger partial charge in [0.1, 0.15) is 22.6 Å². The molecule has 0 fully saturated rings. The molecule has 1 aliphatic carbocycles. The predicted molar refractivity (Wildman–Crippen MR) is 99.2 cm³/mol. The zero-order chi connectivity index (χ0) is 20.2. The standard InChI is InChI=1S/C19H19Cl2NO5/c1-11(23)3-4-19(5-7-26-12(2)24)10-13-9-14(27-8-6-22)16(20)17(21)15(13)18(19)25/h9H,3-5,7-8,10H2,1-2H3. The van der Waals surface area contributed by atoms with E-state index < -0.39 is 11.4 Å². The summed E-state index contributed by atoms with van der Waals surface area (Å²) in [6.07, 6.45) is 1.15. The maximum absolute atomic E-state index is 13.2. The molecule has 0 bridgehead atoms. The van der Waals surface area contributed by atoms with Crippen LogP contribution in [0.5, 0.6) is 5.75 Å². The molecular formula is C19H19Cl2NO5. The number of carbonyl (C=O) groups excluding carboxylic acids is 3. The van der Waals surface area contributed by atoms with Gasteiger partial charge >= 0.3 is 5.97 Å². The van der Waals surface area contributed by atoms with Crippen LogP contribution in [0.25, 0.3) is 0 Å². The van der Waals surface area contributed by atoms with Crippen molar-refractivity contribution < 1.29 is 23.9 Å². The Labute approximate surface area is 167 Å². The highest BCUT2D eigenvalue weighted by Crippen LogP contribution is 2.49. The van der Waals surface area contributed by atoms with Crippen LogP contribution in [0, 0.1) is 16.7 Å². The maximum Gasteiger partial charge on any atom is 0.302 e. The fourth-order valence-corrected chi connectivity index (χ4v) is 3.80. The second-order valence-electron chi connectivity index (χ2n) is 6.56. The van der Waals surface area contributed by atoms with E-state index in [0.717, 1.165) is 0 Å². The van der Waals surface area contributed by atoms with Crippen LogP contribution in [-0.4, -0.2) is 30.7 Å². The second-order valence-corrected chi connectivity index (χ2v) is 7.32. The molecule has 1 aromatic rings. The first-order valence-electron chi connectivity index (χ1n) is 8.40. The Balaban J connectivity index is 2.40. The maximum atomic E-state index is 13.2. The number of Topliss-reactive ketones (excluding diaryl/α,β-unsaturated/α-hetero) is 2.